The van der Waals surface area contributed by atoms with Crippen molar-refractivity contribution in [2.24, 2.45) is 28.2 Å². The third-order valence-corrected chi connectivity index (χ3v) is 19.9. The van der Waals surface area contributed by atoms with Gasteiger partial charge in [-0.15, -0.1) is 11.6 Å². The molecule has 2 aliphatic rings. The number of aromatic hydroxyl groups is 1. The van der Waals surface area contributed by atoms with Gasteiger partial charge in [0.2, 0.25) is 29.2 Å². The van der Waals surface area contributed by atoms with Crippen molar-refractivity contribution in [3.63, 3.8) is 0 Å². The van der Waals surface area contributed by atoms with Crippen molar-refractivity contribution in [3.05, 3.63) is 166 Å². The van der Waals surface area contributed by atoms with Crippen LogP contribution in [0.15, 0.2) is 121 Å². The molecular formula is C75H82ClN23O9. The summed E-state index contributed by atoms with van der Waals surface area (Å²) in [5.74, 6) is -3.52. The number of amides is 7. The Morgan fingerprint density at radius 1 is 0.620 bits per heavy atom. The smallest absolute Gasteiger partial charge is 0.292 e. The lowest BCUT2D eigenvalue weighted by Crippen LogP contribution is -2.47. The van der Waals surface area contributed by atoms with E-state index in [1.165, 1.54) is 53.9 Å². The molecule has 108 heavy (non-hydrogen) atoms. The number of fused-ring (bicyclic) bond motifs is 6. The lowest BCUT2D eigenvalue weighted by Gasteiger charge is -2.34. The molecule has 7 aromatic heterocycles. The fourth-order valence-electron chi connectivity index (χ4n) is 14.2. The highest BCUT2D eigenvalue weighted by atomic mass is 35.5. The summed E-state index contributed by atoms with van der Waals surface area (Å²) in [7, 11) is 10.3. The maximum atomic E-state index is 14.6. The Morgan fingerprint density at radius 3 is 1.88 bits per heavy atom. The van der Waals surface area contributed by atoms with Crippen LogP contribution in [0.25, 0.3) is 49.0 Å². The van der Waals surface area contributed by atoms with Gasteiger partial charge < -0.3 is 90.5 Å². The Hall–Kier alpha value is -12.1. The third kappa shape index (κ3) is 15.3. The molecule has 2 aliphatic heterocycles. The largest absolute Gasteiger partial charge is 0.507 e. The van der Waals surface area contributed by atoms with Gasteiger partial charge in [0.1, 0.15) is 17.8 Å². The third-order valence-electron chi connectivity index (χ3n) is 19.6. The molecule has 1 unspecified atom stereocenters. The predicted octanol–water partition coefficient (Wildman–Crippen LogP) is 6.81. The summed E-state index contributed by atoms with van der Waals surface area (Å²) in [5.41, 5.74) is 5.87. The number of carbonyl (C=O) groups excluding carboxylic acids is 7. The Balaban J connectivity index is 0.524. The Bertz CT molecular complexity index is 5550. The highest BCUT2D eigenvalue weighted by Crippen LogP contribution is 2.46. The number of carbonyl (C=O) groups is 7. The summed E-state index contributed by atoms with van der Waals surface area (Å²) in [6.45, 7) is 9.25. The first kappa shape index (κ1) is 72.8. The number of piperazine rings is 1. The number of halogens is 1. The van der Waals surface area contributed by atoms with E-state index in [0.29, 0.717) is 62.5 Å². The number of para-hydroxylation sites is 1. The van der Waals surface area contributed by atoms with Crippen LogP contribution in [-0.4, -0.2) is 212 Å². The molecule has 0 bridgehead atoms. The maximum absolute atomic E-state index is 14.6. The minimum atomic E-state index is -0.695. The van der Waals surface area contributed by atoms with Crippen molar-refractivity contribution in [3.8, 4) is 5.75 Å². The van der Waals surface area contributed by atoms with E-state index in [0.717, 1.165) is 100 Å². The van der Waals surface area contributed by atoms with Gasteiger partial charge in [-0.05, 0) is 137 Å². The molecule has 9 heterocycles. The number of benzene rings is 5. The van der Waals surface area contributed by atoms with Gasteiger partial charge in [0.05, 0.1) is 27.6 Å². The number of aromatic amines is 1. The fourth-order valence-corrected chi connectivity index (χ4v) is 14.4. The van der Waals surface area contributed by atoms with Crippen molar-refractivity contribution in [1.82, 2.24) is 77.9 Å². The van der Waals surface area contributed by atoms with Crippen molar-refractivity contribution < 1.29 is 38.7 Å². The minimum Gasteiger partial charge on any atom is -0.507 e. The molecule has 0 spiro atoms. The topological polar surface area (TPSA) is 370 Å². The average Bonchev–Trinajstić information content (AvgIpc) is 1.48. The first-order chi connectivity index (χ1) is 52.1. The number of aromatic nitrogens is 11. The normalized spacial score (nSPS) is 14.0. The van der Waals surface area contributed by atoms with Gasteiger partial charge >= 0.3 is 0 Å². The van der Waals surface area contributed by atoms with Crippen LogP contribution < -0.4 is 52.9 Å². The zero-order valence-electron chi connectivity index (χ0n) is 60.4. The van der Waals surface area contributed by atoms with E-state index in [2.05, 4.69) is 82.2 Å². The van der Waals surface area contributed by atoms with Gasteiger partial charge in [-0.3, -0.25) is 42.8 Å². The molecule has 0 aliphatic carbocycles. The van der Waals surface area contributed by atoms with Gasteiger partial charge in [0.15, 0.2) is 28.7 Å². The quantitative estimate of drug-likeness (QED) is 0.0137. The van der Waals surface area contributed by atoms with Crippen molar-refractivity contribution in [2.45, 2.75) is 31.6 Å². The molecule has 1 saturated heterocycles. The number of alkyl halides is 1. The van der Waals surface area contributed by atoms with Crippen LogP contribution in [0, 0.1) is 0 Å². The number of nitrogens with one attached hydrogen (secondary N) is 9. The number of anilines is 7. The average molecular weight is 1490 g/mol. The molecule has 0 radical (unpaired) electrons. The van der Waals surface area contributed by atoms with Crippen LogP contribution in [0.1, 0.15) is 100 Å². The summed E-state index contributed by atoms with van der Waals surface area (Å²) in [5, 5.41) is 37.8. The number of phenolic OH excluding ortho intramolecular Hbond substituents is 1. The number of hydrogen-bond acceptors (Lipinski definition) is 19. The summed E-state index contributed by atoms with van der Waals surface area (Å²) >= 11 is 6.64. The van der Waals surface area contributed by atoms with Crippen LogP contribution in [0.2, 0.25) is 0 Å². The van der Waals surface area contributed by atoms with Gasteiger partial charge in [-0.2, -0.15) is 0 Å². The van der Waals surface area contributed by atoms with E-state index >= 15 is 0 Å². The summed E-state index contributed by atoms with van der Waals surface area (Å²) < 4.78 is 7.85. The number of aryl methyl sites for hydroxylation is 4. The standard InChI is InChI=1S/C75H82ClN23O9/c1-91(2)25-10-23-79-71(104)66-85-59(40-92(66)3)89-74(107)69-87-60(41-95(69)6)90-73(106)68-86-58(39-94(68)5)88-70(103)43-14-16-47-49(33-43)62-45(36-76)37-98(55(62)35-56(47)100)75(108)53-34-44-32-46(15-17-50(44)82-53)81-72(105)67-84-57(38-93(67)4)83-61(101)20-24-77-21-9-26-96-28-30-97(31-29-96)27-11-22-78-51-18-19-52-64-63(51)65(102)48-12-7-8-13-54(48)99(64)42-80-52/h7-8,12-19,32-35,38-42,45,77-78,82,100H,9-11,20-31,36-37H2,1-6H3,(H,79,104)(H,81,105)(H,83,101)(H,88,103)(H,89,107)(H,90,106). The highest BCUT2D eigenvalue weighted by Gasteiger charge is 2.36. The number of pyridine rings is 1. The first-order valence-corrected chi connectivity index (χ1v) is 36.1. The van der Waals surface area contributed by atoms with Gasteiger partial charge in [-0.25, -0.2) is 24.9 Å². The molecule has 5 aromatic carbocycles. The van der Waals surface area contributed by atoms with E-state index in [9.17, 15) is 43.5 Å². The van der Waals surface area contributed by atoms with E-state index < -0.39 is 41.4 Å². The Kier molecular flexibility index (Phi) is 21.0. The first-order valence-electron chi connectivity index (χ1n) is 35.6. The molecule has 33 heteroatoms. The summed E-state index contributed by atoms with van der Waals surface area (Å²) in [6, 6.07) is 24.7. The SMILES string of the molecule is CN(C)CCCNC(=O)c1nc(NC(=O)c2nc(NC(=O)c3nc(NC(=O)c4ccc5c(O)cc6c(c5c4)C(CCl)CN6C(=O)c4cc5cc(NC(=O)c6nc(NC(=O)CCNCCCN7CCN(CCCNc8ccc9ncn%10c%11ccccc%11c(=O)c8c9%10)CC7)cn6C)ccc5[nH]4)cn3C)cn2C)cn1C. The zero-order valence-corrected chi connectivity index (χ0v) is 61.2. The number of hydrogen-bond donors (Lipinski definition) is 10. The Labute approximate surface area is 623 Å². The monoisotopic (exact) mass is 1480 g/mol. The highest BCUT2D eigenvalue weighted by molar-refractivity contribution is 6.20. The Morgan fingerprint density at radius 2 is 1.23 bits per heavy atom. The number of phenols is 1. The number of rotatable bonds is 28. The molecule has 1 fully saturated rings. The van der Waals surface area contributed by atoms with E-state index in [1.54, 1.807) is 77.1 Å². The van der Waals surface area contributed by atoms with E-state index in [1.807, 2.05) is 59.8 Å². The molecule has 558 valence electrons. The predicted molar refractivity (Wildman–Crippen MR) is 414 cm³/mol. The molecular weight excluding hydrogens is 1400 g/mol. The van der Waals surface area contributed by atoms with Gasteiger partial charge in [-0.1, -0.05) is 12.1 Å². The lowest BCUT2D eigenvalue weighted by molar-refractivity contribution is -0.116. The minimum absolute atomic E-state index is 0.0185. The van der Waals surface area contributed by atoms with Crippen molar-refractivity contribution in [1.29, 1.82) is 0 Å². The maximum Gasteiger partial charge on any atom is 0.292 e. The summed E-state index contributed by atoms with van der Waals surface area (Å²) in [6.07, 6.45) is 10.6. The molecule has 14 rings (SSSR count). The van der Waals surface area contributed by atoms with Gasteiger partial charge in [0, 0.05) is 168 Å². The van der Waals surface area contributed by atoms with Crippen molar-refractivity contribution in [2.75, 3.05) is 135 Å². The number of imidazole rings is 5. The molecule has 32 nitrogen and oxygen atoms in total. The molecule has 7 amide bonds. The molecule has 1 atom stereocenters. The fraction of sp³-hybridized carbons (Fsp3) is 0.320. The summed E-state index contributed by atoms with van der Waals surface area (Å²) in [4.78, 5) is 142. The van der Waals surface area contributed by atoms with Crippen molar-refractivity contribution >= 4 is 142 Å². The molecule has 10 N–H and O–H groups in total. The van der Waals surface area contributed by atoms with Crippen LogP contribution in [-0.2, 0) is 33.0 Å². The second kappa shape index (κ2) is 31.1. The van der Waals surface area contributed by atoms with E-state index in [-0.39, 0.29) is 93.8 Å². The van der Waals surface area contributed by atoms with Crippen LogP contribution in [0.5, 0.6) is 5.75 Å². The molecule has 12 aromatic rings. The van der Waals surface area contributed by atoms with E-state index in [4.69, 9.17) is 11.6 Å². The van der Waals surface area contributed by atoms with Crippen LogP contribution in [0.4, 0.5) is 40.3 Å². The number of nitrogens with zero attached hydrogens (tertiary/aromatic N) is 14. The second-order valence-corrected chi connectivity index (χ2v) is 27.8. The van der Waals surface area contributed by atoms with Crippen LogP contribution >= 0.6 is 11.6 Å². The lowest BCUT2D eigenvalue weighted by atomic mass is 9.94. The second-order valence-electron chi connectivity index (χ2n) is 27.5. The van der Waals surface area contributed by atoms with Gasteiger partial charge in [0.25, 0.3) is 35.4 Å². The molecule has 0 saturated carbocycles. The number of H-pyrrole nitrogens is 1. The van der Waals surface area contributed by atoms with Crippen LogP contribution in [0.3, 0.4) is 0 Å². The zero-order chi connectivity index (χ0) is 75.6.